The van der Waals surface area contributed by atoms with Crippen LogP contribution in [0.15, 0.2) is 48.5 Å². The van der Waals surface area contributed by atoms with Crippen LogP contribution in [0.5, 0.6) is 5.75 Å². The van der Waals surface area contributed by atoms with Gasteiger partial charge in [-0.25, -0.2) is 0 Å². The van der Waals surface area contributed by atoms with Gasteiger partial charge in [0.15, 0.2) is 0 Å². The maximum absolute atomic E-state index is 8.96. The van der Waals surface area contributed by atoms with Crippen LogP contribution in [0.1, 0.15) is 99.7 Å². The highest BCUT2D eigenvalue weighted by Crippen LogP contribution is 2.40. The van der Waals surface area contributed by atoms with Crippen molar-refractivity contribution >= 4 is 0 Å². The van der Waals surface area contributed by atoms with Crippen LogP contribution in [-0.4, -0.2) is 6.61 Å². The van der Waals surface area contributed by atoms with E-state index in [-0.39, 0.29) is 0 Å². The van der Waals surface area contributed by atoms with Gasteiger partial charge in [-0.15, -0.1) is 0 Å². The summed E-state index contributed by atoms with van der Waals surface area (Å²) >= 11 is 0. The molecule has 29 heavy (non-hydrogen) atoms. The molecule has 2 heteroatoms. The number of hydrogen-bond acceptors (Lipinski definition) is 2. The minimum atomic E-state index is 0.638. The summed E-state index contributed by atoms with van der Waals surface area (Å²) in [6, 6.07) is 19.2. The summed E-state index contributed by atoms with van der Waals surface area (Å²) in [5, 5.41) is 8.96. The summed E-state index contributed by atoms with van der Waals surface area (Å²) in [5.74, 6) is 2.31. The van der Waals surface area contributed by atoms with Gasteiger partial charge in [-0.1, -0.05) is 63.3 Å². The summed E-state index contributed by atoms with van der Waals surface area (Å²) in [5.41, 5.74) is 3.59. The first-order chi connectivity index (χ1) is 14.3. The molecule has 0 aliphatic heterocycles. The summed E-state index contributed by atoms with van der Waals surface area (Å²) in [6.07, 6.45) is 12.7. The first-order valence-corrected chi connectivity index (χ1v) is 11.5. The molecule has 2 nitrogen and oxygen atoms in total. The lowest BCUT2D eigenvalue weighted by atomic mass is 9.76. The van der Waals surface area contributed by atoms with E-state index in [1.54, 1.807) is 0 Å². The van der Waals surface area contributed by atoms with Crippen molar-refractivity contribution in [1.82, 2.24) is 0 Å². The van der Waals surface area contributed by atoms with Crippen molar-refractivity contribution < 1.29 is 4.74 Å². The topological polar surface area (TPSA) is 33.0 Å². The maximum Gasteiger partial charge on any atom is 0.119 e. The number of unbranched alkanes of at least 4 members (excludes halogenated alkanes) is 5. The Labute approximate surface area is 176 Å². The second kappa shape index (κ2) is 11.7. The largest absolute Gasteiger partial charge is 0.494 e. The number of rotatable bonds is 10. The van der Waals surface area contributed by atoms with Gasteiger partial charge in [0, 0.05) is 0 Å². The molecule has 0 radical (unpaired) electrons. The maximum atomic E-state index is 8.96. The summed E-state index contributed by atoms with van der Waals surface area (Å²) < 4.78 is 5.93. The average Bonchev–Trinajstić information content (AvgIpc) is 2.79. The van der Waals surface area contributed by atoms with Gasteiger partial charge in [0.1, 0.15) is 5.75 Å². The molecule has 2 aromatic rings. The standard InChI is InChI=1S/C27H35NO/c1-2-3-4-5-6-7-20-29-27-18-16-26(17-19-27)25-14-12-24(13-15-25)23-10-8-22(21-28)9-11-23/h8-11,16-19,24-25H,2-7,12-15,20H2,1H3. The van der Waals surface area contributed by atoms with Crippen LogP contribution < -0.4 is 4.74 Å². The fourth-order valence-corrected chi connectivity index (χ4v) is 4.50. The van der Waals surface area contributed by atoms with Crippen molar-refractivity contribution in [2.45, 2.75) is 83.0 Å². The highest BCUT2D eigenvalue weighted by atomic mass is 16.5. The van der Waals surface area contributed by atoms with Crippen LogP contribution in [0, 0.1) is 11.3 Å². The molecule has 0 heterocycles. The third-order valence-electron chi connectivity index (χ3n) is 6.36. The molecule has 0 atom stereocenters. The van der Waals surface area contributed by atoms with E-state index >= 15 is 0 Å². The fourth-order valence-electron chi connectivity index (χ4n) is 4.50. The lowest BCUT2D eigenvalue weighted by Crippen LogP contribution is -2.12. The molecule has 1 saturated carbocycles. The van der Waals surface area contributed by atoms with Gasteiger partial charge in [-0.3, -0.25) is 0 Å². The van der Waals surface area contributed by atoms with E-state index in [1.807, 2.05) is 12.1 Å². The molecule has 2 aromatic carbocycles. The minimum Gasteiger partial charge on any atom is -0.494 e. The third kappa shape index (κ3) is 6.64. The normalized spacial score (nSPS) is 18.9. The number of nitriles is 1. The van der Waals surface area contributed by atoms with E-state index in [1.165, 1.54) is 68.9 Å². The van der Waals surface area contributed by atoms with Gasteiger partial charge >= 0.3 is 0 Å². The van der Waals surface area contributed by atoms with Crippen LogP contribution in [0.4, 0.5) is 0 Å². The molecule has 0 amide bonds. The van der Waals surface area contributed by atoms with E-state index in [0.29, 0.717) is 11.8 Å². The lowest BCUT2D eigenvalue weighted by Gasteiger charge is -2.29. The zero-order valence-electron chi connectivity index (χ0n) is 17.9. The van der Waals surface area contributed by atoms with Crippen LogP contribution in [0.3, 0.4) is 0 Å². The zero-order chi connectivity index (χ0) is 20.3. The van der Waals surface area contributed by atoms with E-state index in [2.05, 4.69) is 49.4 Å². The quantitative estimate of drug-likeness (QED) is 0.389. The highest BCUT2D eigenvalue weighted by Gasteiger charge is 2.23. The van der Waals surface area contributed by atoms with E-state index < -0.39 is 0 Å². The monoisotopic (exact) mass is 389 g/mol. The number of ether oxygens (including phenoxy) is 1. The summed E-state index contributed by atoms with van der Waals surface area (Å²) in [6.45, 7) is 3.09. The molecule has 1 aliphatic rings. The Morgan fingerprint density at radius 1 is 0.759 bits per heavy atom. The van der Waals surface area contributed by atoms with Gasteiger partial charge in [0.2, 0.25) is 0 Å². The first-order valence-electron chi connectivity index (χ1n) is 11.5. The second-order valence-corrected chi connectivity index (χ2v) is 8.47. The van der Waals surface area contributed by atoms with Gasteiger partial charge in [-0.2, -0.15) is 5.26 Å². The molecular weight excluding hydrogens is 354 g/mol. The number of nitrogens with zero attached hydrogens (tertiary/aromatic N) is 1. The Bertz CT molecular complexity index is 749. The molecule has 154 valence electrons. The van der Waals surface area contributed by atoms with Gasteiger partial charge < -0.3 is 4.74 Å². The molecule has 0 aromatic heterocycles. The molecule has 0 spiro atoms. The van der Waals surface area contributed by atoms with E-state index in [4.69, 9.17) is 10.00 Å². The predicted octanol–water partition coefficient (Wildman–Crippen LogP) is 7.74. The smallest absolute Gasteiger partial charge is 0.119 e. The van der Waals surface area contributed by atoms with E-state index in [9.17, 15) is 0 Å². The SMILES string of the molecule is CCCCCCCCOc1ccc(C2CCC(c3ccc(C#N)cc3)CC2)cc1. The van der Waals surface area contributed by atoms with Crippen molar-refractivity contribution in [1.29, 1.82) is 5.26 Å². The van der Waals surface area contributed by atoms with Crippen molar-refractivity contribution in [2.24, 2.45) is 0 Å². The van der Waals surface area contributed by atoms with Crippen molar-refractivity contribution in [3.8, 4) is 11.8 Å². The van der Waals surface area contributed by atoms with Gasteiger partial charge in [0.05, 0.1) is 18.2 Å². The first kappa shape index (κ1) is 21.4. The second-order valence-electron chi connectivity index (χ2n) is 8.47. The third-order valence-corrected chi connectivity index (χ3v) is 6.36. The van der Waals surface area contributed by atoms with Gasteiger partial charge in [-0.05, 0) is 79.3 Å². The van der Waals surface area contributed by atoms with Crippen molar-refractivity contribution in [2.75, 3.05) is 6.61 Å². The average molecular weight is 390 g/mol. The Balaban J connectivity index is 1.40. The number of hydrogen-bond donors (Lipinski definition) is 0. The van der Waals surface area contributed by atoms with Crippen LogP contribution in [0.25, 0.3) is 0 Å². The molecule has 0 unspecified atom stereocenters. The van der Waals surface area contributed by atoms with Crippen molar-refractivity contribution in [3.63, 3.8) is 0 Å². The Hall–Kier alpha value is -2.27. The Morgan fingerprint density at radius 2 is 1.28 bits per heavy atom. The summed E-state index contributed by atoms with van der Waals surface area (Å²) in [4.78, 5) is 0. The Kier molecular flexibility index (Phi) is 8.62. The van der Waals surface area contributed by atoms with Gasteiger partial charge in [0.25, 0.3) is 0 Å². The zero-order valence-corrected chi connectivity index (χ0v) is 17.9. The molecule has 0 saturated heterocycles. The number of benzene rings is 2. The molecule has 1 aliphatic carbocycles. The van der Waals surface area contributed by atoms with Crippen LogP contribution in [0.2, 0.25) is 0 Å². The molecule has 0 N–H and O–H groups in total. The fraction of sp³-hybridized carbons (Fsp3) is 0.519. The molecular formula is C27H35NO. The molecule has 1 fully saturated rings. The minimum absolute atomic E-state index is 0.638. The van der Waals surface area contributed by atoms with Crippen LogP contribution in [-0.2, 0) is 0 Å². The van der Waals surface area contributed by atoms with Crippen LogP contribution >= 0.6 is 0 Å². The Morgan fingerprint density at radius 3 is 1.83 bits per heavy atom. The summed E-state index contributed by atoms with van der Waals surface area (Å²) in [7, 11) is 0. The predicted molar refractivity (Wildman–Crippen MR) is 120 cm³/mol. The molecule has 3 rings (SSSR count). The molecule has 0 bridgehead atoms. The highest BCUT2D eigenvalue weighted by molar-refractivity contribution is 5.34. The van der Waals surface area contributed by atoms with Crippen molar-refractivity contribution in [3.05, 3.63) is 65.2 Å². The van der Waals surface area contributed by atoms with E-state index in [0.717, 1.165) is 24.3 Å². The lowest BCUT2D eigenvalue weighted by molar-refractivity contribution is 0.304.